The lowest BCUT2D eigenvalue weighted by Crippen LogP contribution is -1.91. The molecule has 0 spiro atoms. The van der Waals surface area contributed by atoms with Crippen molar-refractivity contribution in [1.29, 1.82) is 0 Å². The summed E-state index contributed by atoms with van der Waals surface area (Å²) in [4.78, 5) is 4.07. The monoisotopic (exact) mass is 138 g/mol. The van der Waals surface area contributed by atoms with Gasteiger partial charge in [0.15, 0.2) is 0 Å². The highest BCUT2D eigenvalue weighted by atomic mass is 14.7. The molecule has 0 amide bonds. The van der Waals surface area contributed by atoms with Gasteiger partial charge in [0, 0.05) is 17.6 Å². The van der Waals surface area contributed by atoms with Crippen LogP contribution in [0.2, 0.25) is 0 Å². The quantitative estimate of drug-likeness (QED) is 0.594. The maximum atomic E-state index is 5.37. The largest absolute Gasteiger partial charge is 0.401 e. The Kier molecular flexibility index (Phi) is 4.29. The Bertz CT molecular complexity index is 162. The molecule has 0 radical (unpaired) electrons. The first-order valence-electron chi connectivity index (χ1n) is 3.32. The van der Waals surface area contributed by atoms with Gasteiger partial charge in [-0.15, -0.1) is 0 Å². The molecule has 2 N–H and O–H groups in total. The van der Waals surface area contributed by atoms with Crippen LogP contribution >= 0.6 is 0 Å². The van der Waals surface area contributed by atoms with E-state index in [-0.39, 0.29) is 0 Å². The van der Waals surface area contributed by atoms with E-state index in [1.807, 2.05) is 6.92 Å². The van der Waals surface area contributed by atoms with Gasteiger partial charge < -0.3 is 5.73 Å². The van der Waals surface area contributed by atoms with Crippen LogP contribution in [0.25, 0.3) is 0 Å². The van der Waals surface area contributed by atoms with E-state index in [1.165, 1.54) is 0 Å². The molecule has 0 aromatic heterocycles. The third kappa shape index (κ3) is 3.89. The van der Waals surface area contributed by atoms with Crippen molar-refractivity contribution < 1.29 is 0 Å². The molecule has 0 aromatic carbocycles. The summed E-state index contributed by atoms with van der Waals surface area (Å²) in [5, 5.41) is 0. The van der Waals surface area contributed by atoms with Gasteiger partial charge in [-0.25, -0.2) is 0 Å². The average molecular weight is 138 g/mol. The summed E-state index contributed by atoms with van der Waals surface area (Å²) in [6, 6.07) is 0. The summed E-state index contributed by atoms with van der Waals surface area (Å²) < 4.78 is 0. The van der Waals surface area contributed by atoms with Gasteiger partial charge in [0.2, 0.25) is 0 Å². The van der Waals surface area contributed by atoms with Crippen LogP contribution in [0.15, 0.2) is 29.5 Å². The fourth-order valence-corrected chi connectivity index (χ4v) is 0.473. The smallest absolute Gasteiger partial charge is 0.0455 e. The van der Waals surface area contributed by atoms with Gasteiger partial charge in [-0.05, 0) is 19.4 Å². The number of nitrogens with zero attached hydrogens (tertiary/aromatic N) is 1. The van der Waals surface area contributed by atoms with Crippen LogP contribution in [0.1, 0.15) is 20.3 Å². The predicted octanol–water partition coefficient (Wildman–Crippen LogP) is 1.84. The van der Waals surface area contributed by atoms with Gasteiger partial charge in [-0.3, -0.25) is 4.99 Å². The van der Waals surface area contributed by atoms with Crippen molar-refractivity contribution in [2.45, 2.75) is 20.3 Å². The molecular formula is C8H14N2. The van der Waals surface area contributed by atoms with Crippen molar-refractivity contribution in [2.75, 3.05) is 0 Å². The van der Waals surface area contributed by atoms with Crippen molar-refractivity contribution in [2.24, 2.45) is 10.7 Å². The summed E-state index contributed by atoms with van der Waals surface area (Å²) in [5.41, 5.74) is 7.05. The number of hydrogen-bond donors (Lipinski definition) is 1. The van der Waals surface area contributed by atoms with Crippen LogP contribution in [0, 0.1) is 0 Å². The maximum absolute atomic E-state index is 5.37. The van der Waals surface area contributed by atoms with Crippen molar-refractivity contribution >= 4 is 5.71 Å². The molecule has 0 bridgehead atoms. The molecule has 0 atom stereocenters. The van der Waals surface area contributed by atoms with Gasteiger partial charge in [-0.2, -0.15) is 0 Å². The molecule has 2 heteroatoms. The Morgan fingerprint density at radius 2 is 2.30 bits per heavy atom. The summed E-state index contributed by atoms with van der Waals surface area (Å²) in [6.45, 7) is 7.44. The minimum atomic E-state index is 0.716. The van der Waals surface area contributed by atoms with Crippen molar-refractivity contribution in [3.63, 3.8) is 0 Å². The Morgan fingerprint density at radius 3 is 2.60 bits per heavy atom. The molecule has 0 unspecified atom stereocenters. The zero-order chi connectivity index (χ0) is 7.98. The number of hydrogen-bond acceptors (Lipinski definition) is 2. The lowest BCUT2D eigenvalue weighted by atomic mass is 10.3. The molecule has 0 saturated heterocycles. The maximum Gasteiger partial charge on any atom is 0.0455 e. The number of rotatable bonds is 3. The van der Waals surface area contributed by atoms with E-state index < -0.39 is 0 Å². The molecule has 0 aromatic rings. The van der Waals surface area contributed by atoms with Crippen LogP contribution < -0.4 is 5.73 Å². The molecule has 56 valence electrons. The van der Waals surface area contributed by atoms with E-state index in [1.54, 1.807) is 19.2 Å². The van der Waals surface area contributed by atoms with Gasteiger partial charge in [0.05, 0.1) is 0 Å². The Hall–Kier alpha value is -1.05. The SMILES string of the molecule is C=C/C(CC)=N\C=C(\C)N. The fraction of sp³-hybridized carbons (Fsp3) is 0.375. The third-order valence-corrected chi connectivity index (χ3v) is 1.03. The molecule has 10 heavy (non-hydrogen) atoms. The fourth-order valence-electron chi connectivity index (χ4n) is 0.473. The molecule has 0 aliphatic rings. The van der Waals surface area contributed by atoms with E-state index in [4.69, 9.17) is 5.73 Å². The molecule has 0 fully saturated rings. The summed E-state index contributed by atoms with van der Waals surface area (Å²) in [6.07, 6.45) is 4.27. The van der Waals surface area contributed by atoms with Crippen LogP contribution in [0.5, 0.6) is 0 Å². The van der Waals surface area contributed by atoms with E-state index in [0.29, 0.717) is 5.70 Å². The van der Waals surface area contributed by atoms with E-state index in [9.17, 15) is 0 Å². The second-order valence-corrected chi connectivity index (χ2v) is 2.05. The predicted molar refractivity (Wildman–Crippen MR) is 45.9 cm³/mol. The minimum absolute atomic E-state index is 0.716. The Balaban J connectivity index is 4.12. The molecule has 0 rings (SSSR count). The highest BCUT2D eigenvalue weighted by Gasteiger charge is 1.83. The second kappa shape index (κ2) is 4.79. The summed E-state index contributed by atoms with van der Waals surface area (Å²) >= 11 is 0. The van der Waals surface area contributed by atoms with E-state index >= 15 is 0 Å². The zero-order valence-electron chi connectivity index (χ0n) is 6.59. The molecule has 0 aliphatic heterocycles. The highest BCUT2D eigenvalue weighted by Crippen LogP contribution is 1.89. The first kappa shape index (κ1) is 8.95. The van der Waals surface area contributed by atoms with E-state index in [2.05, 4.69) is 11.6 Å². The second-order valence-electron chi connectivity index (χ2n) is 2.05. The molecule has 0 heterocycles. The van der Waals surface area contributed by atoms with Crippen LogP contribution in [-0.4, -0.2) is 5.71 Å². The van der Waals surface area contributed by atoms with Crippen LogP contribution in [0.3, 0.4) is 0 Å². The average Bonchev–Trinajstić information content (AvgIpc) is 1.90. The normalized spacial score (nSPS) is 13.4. The van der Waals surface area contributed by atoms with Crippen LogP contribution in [0.4, 0.5) is 0 Å². The summed E-state index contributed by atoms with van der Waals surface area (Å²) in [5.74, 6) is 0. The number of allylic oxidation sites excluding steroid dienone is 2. The summed E-state index contributed by atoms with van der Waals surface area (Å²) in [7, 11) is 0. The molecule has 2 nitrogen and oxygen atoms in total. The van der Waals surface area contributed by atoms with Crippen LogP contribution in [-0.2, 0) is 0 Å². The first-order valence-corrected chi connectivity index (χ1v) is 3.32. The Morgan fingerprint density at radius 1 is 1.70 bits per heavy atom. The molecular weight excluding hydrogens is 124 g/mol. The minimum Gasteiger partial charge on any atom is -0.401 e. The van der Waals surface area contributed by atoms with E-state index in [0.717, 1.165) is 12.1 Å². The molecule has 0 aliphatic carbocycles. The first-order chi connectivity index (χ1) is 4.70. The van der Waals surface area contributed by atoms with Gasteiger partial charge >= 0.3 is 0 Å². The highest BCUT2D eigenvalue weighted by molar-refractivity contribution is 5.94. The Labute approximate surface area is 62.1 Å². The van der Waals surface area contributed by atoms with Crippen molar-refractivity contribution in [3.05, 3.63) is 24.6 Å². The van der Waals surface area contributed by atoms with Crippen molar-refractivity contribution in [3.8, 4) is 0 Å². The standard InChI is InChI=1S/C8H14N2/c1-4-8(5-2)10-6-7(3)9/h4,6H,1,5,9H2,2-3H3/b7-6-,10-8+. The lowest BCUT2D eigenvalue weighted by molar-refractivity contribution is 1.24. The topological polar surface area (TPSA) is 38.4 Å². The lowest BCUT2D eigenvalue weighted by Gasteiger charge is -1.91. The van der Waals surface area contributed by atoms with Gasteiger partial charge in [0.25, 0.3) is 0 Å². The molecule has 0 saturated carbocycles. The zero-order valence-corrected chi connectivity index (χ0v) is 6.59. The third-order valence-electron chi connectivity index (χ3n) is 1.03. The number of aliphatic imine (C=N–C) groups is 1. The van der Waals surface area contributed by atoms with Crippen molar-refractivity contribution in [1.82, 2.24) is 0 Å². The van der Waals surface area contributed by atoms with Gasteiger partial charge in [0.1, 0.15) is 0 Å². The van der Waals surface area contributed by atoms with Gasteiger partial charge in [-0.1, -0.05) is 13.5 Å². The number of nitrogens with two attached hydrogens (primary N) is 1.